The summed E-state index contributed by atoms with van der Waals surface area (Å²) < 4.78 is 14.6. The van der Waals surface area contributed by atoms with E-state index in [-0.39, 0.29) is 5.69 Å². The van der Waals surface area contributed by atoms with Crippen LogP contribution in [0.2, 0.25) is 5.28 Å². The van der Waals surface area contributed by atoms with Crippen LogP contribution in [0.3, 0.4) is 0 Å². The standard InChI is InChI=1S/C8H7ClFN3/c1-13-7-2-4(10)5(11)3-6(7)12-8(13)9/h2-3H,11H2,1H3. The number of hydrogen-bond donors (Lipinski definition) is 1. The Bertz CT molecular complexity index is 478. The van der Waals surface area contributed by atoms with Crippen molar-refractivity contribution in [3.8, 4) is 0 Å². The molecule has 5 heteroatoms. The number of fused-ring (bicyclic) bond motifs is 1. The lowest BCUT2D eigenvalue weighted by molar-refractivity contribution is 0.633. The van der Waals surface area contributed by atoms with Crippen molar-refractivity contribution in [1.29, 1.82) is 0 Å². The first-order valence-corrected chi connectivity index (χ1v) is 4.04. The molecule has 0 spiro atoms. The van der Waals surface area contributed by atoms with E-state index in [2.05, 4.69) is 4.98 Å². The number of aromatic nitrogens is 2. The number of nitrogens with two attached hydrogens (primary N) is 1. The molecule has 0 fully saturated rings. The van der Waals surface area contributed by atoms with E-state index in [1.54, 1.807) is 11.6 Å². The molecule has 0 radical (unpaired) electrons. The lowest BCUT2D eigenvalue weighted by Crippen LogP contribution is -1.92. The van der Waals surface area contributed by atoms with Gasteiger partial charge in [-0.1, -0.05) is 0 Å². The van der Waals surface area contributed by atoms with Gasteiger partial charge in [0, 0.05) is 13.1 Å². The fraction of sp³-hybridized carbons (Fsp3) is 0.125. The van der Waals surface area contributed by atoms with Crippen LogP contribution < -0.4 is 5.73 Å². The highest BCUT2D eigenvalue weighted by Gasteiger charge is 2.08. The van der Waals surface area contributed by atoms with Gasteiger partial charge in [0.15, 0.2) is 0 Å². The van der Waals surface area contributed by atoms with Gasteiger partial charge in [-0.2, -0.15) is 0 Å². The van der Waals surface area contributed by atoms with Gasteiger partial charge in [0.1, 0.15) is 5.82 Å². The minimum atomic E-state index is -0.452. The molecule has 1 aromatic heterocycles. The number of nitrogens with zero attached hydrogens (tertiary/aromatic N) is 2. The minimum Gasteiger partial charge on any atom is -0.396 e. The summed E-state index contributed by atoms with van der Waals surface area (Å²) in [4.78, 5) is 4.00. The first-order valence-electron chi connectivity index (χ1n) is 3.66. The zero-order valence-corrected chi connectivity index (χ0v) is 7.64. The van der Waals surface area contributed by atoms with E-state index in [0.717, 1.165) is 0 Å². The quantitative estimate of drug-likeness (QED) is 0.659. The first kappa shape index (κ1) is 8.31. The molecule has 13 heavy (non-hydrogen) atoms. The van der Waals surface area contributed by atoms with E-state index in [4.69, 9.17) is 17.3 Å². The summed E-state index contributed by atoms with van der Waals surface area (Å²) >= 11 is 5.75. The Morgan fingerprint density at radius 2 is 2.23 bits per heavy atom. The van der Waals surface area contributed by atoms with Crippen LogP contribution in [0.15, 0.2) is 12.1 Å². The van der Waals surface area contributed by atoms with Crippen LogP contribution in [-0.4, -0.2) is 9.55 Å². The van der Waals surface area contributed by atoms with E-state index in [1.165, 1.54) is 12.1 Å². The summed E-state index contributed by atoms with van der Waals surface area (Å²) in [6, 6.07) is 2.79. The van der Waals surface area contributed by atoms with Crippen LogP contribution in [0, 0.1) is 5.82 Å². The number of hydrogen-bond acceptors (Lipinski definition) is 2. The van der Waals surface area contributed by atoms with Crippen LogP contribution in [0.1, 0.15) is 0 Å². The van der Waals surface area contributed by atoms with Crippen molar-refractivity contribution in [3.05, 3.63) is 23.2 Å². The normalized spacial score (nSPS) is 11.0. The predicted molar refractivity (Wildman–Crippen MR) is 50.1 cm³/mol. The van der Waals surface area contributed by atoms with Gasteiger partial charge in [0.2, 0.25) is 5.28 Å². The van der Waals surface area contributed by atoms with Crippen LogP contribution in [0.5, 0.6) is 0 Å². The van der Waals surface area contributed by atoms with Crippen molar-refractivity contribution in [1.82, 2.24) is 9.55 Å². The third-order valence-corrected chi connectivity index (χ3v) is 2.28. The second kappa shape index (κ2) is 2.60. The molecule has 0 amide bonds. The maximum Gasteiger partial charge on any atom is 0.203 e. The Morgan fingerprint density at radius 3 is 2.92 bits per heavy atom. The van der Waals surface area contributed by atoms with Gasteiger partial charge in [0.05, 0.1) is 16.7 Å². The van der Waals surface area contributed by atoms with Crippen LogP contribution in [0.25, 0.3) is 11.0 Å². The molecule has 2 aromatic rings. The third-order valence-electron chi connectivity index (χ3n) is 1.94. The van der Waals surface area contributed by atoms with Crippen LogP contribution in [0.4, 0.5) is 10.1 Å². The van der Waals surface area contributed by atoms with Crippen molar-refractivity contribution < 1.29 is 4.39 Å². The highest BCUT2D eigenvalue weighted by molar-refractivity contribution is 6.29. The Hall–Kier alpha value is -1.29. The molecule has 0 saturated heterocycles. The molecule has 1 aromatic carbocycles. The maximum absolute atomic E-state index is 13.0. The molecule has 0 unspecified atom stereocenters. The molecule has 0 aliphatic rings. The smallest absolute Gasteiger partial charge is 0.203 e. The second-order valence-corrected chi connectivity index (χ2v) is 3.14. The average molecular weight is 200 g/mol. The molecule has 0 aliphatic carbocycles. The predicted octanol–water partition coefficient (Wildman–Crippen LogP) is 1.95. The number of aryl methyl sites for hydroxylation is 1. The SMILES string of the molecule is Cn1c(Cl)nc2cc(N)c(F)cc21. The Labute approximate surface area is 78.9 Å². The maximum atomic E-state index is 13.0. The van der Waals surface area contributed by atoms with Crippen molar-refractivity contribution in [2.75, 3.05) is 5.73 Å². The molecule has 68 valence electrons. The molecular formula is C8H7ClFN3. The summed E-state index contributed by atoms with van der Waals surface area (Å²) in [6.07, 6.45) is 0. The molecule has 0 saturated carbocycles. The lowest BCUT2D eigenvalue weighted by Gasteiger charge is -1.97. The second-order valence-electron chi connectivity index (χ2n) is 2.80. The lowest BCUT2D eigenvalue weighted by atomic mass is 10.2. The molecule has 1 heterocycles. The third kappa shape index (κ3) is 1.14. The number of rotatable bonds is 0. The number of nitrogen functional groups attached to an aromatic ring is 1. The molecule has 0 aliphatic heterocycles. The van der Waals surface area contributed by atoms with E-state index in [9.17, 15) is 4.39 Å². The number of imidazole rings is 1. The van der Waals surface area contributed by atoms with Gasteiger partial charge >= 0.3 is 0 Å². The topological polar surface area (TPSA) is 43.8 Å². The summed E-state index contributed by atoms with van der Waals surface area (Å²) in [5.41, 5.74) is 6.70. The summed E-state index contributed by atoms with van der Waals surface area (Å²) in [7, 11) is 1.72. The van der Waals surface area contributed by atoms with Crippen molar-refractivity contribution in [2.45, 2.75) is 0 Å². The highest BCUT2D eigenvalue weighted by Crippen LogP contribution is 2.22. The van der Waals surface area contributed by atoms with Crippen molar-refractivity contribution >= 4 is 28.3 Å². The molecule has 0 atom stereocenters. The average Bonchev–Trinajstić information content (AvgIpc) is 2.32. The van der Waals surface area contributed by atoms with Crippen molar-refractivity contribution in [3.63, 3.8) is 0 Å². The zero-order valence-electron chi connectivity index (χ0n) is 6.88. The highest BCUT2D eigenvalue weighted by atomic mass is 35.5. The fourth-order valence-corrected chi connectivity index (χ4v) is 1.38. The molecule has 0 bridgehead atoms. The van der Waals surface area contributed by atoms with E-state index >= 15 is 0 Å². The fourth-order valence-electron chi connectivity index (χ4n) is 1.20. The van der Waals surface area contributed by atoms with Gasteiger partial charge in [-0.3, -0.25) is 0 Å². The van der Waals surface area contributed by atoms with E-state index in [1.807, 2.05) is 0 Å². The molecule has 3 nitrogen and oxygen atoms in total. The summed E-state index contributed by atoms with van der Waals surface area (Å²) in [5.74, 6) is -0.452. The summed E-state index contributed by atoms with van der Waals surface area (Å²) in [5, 5.41) is 0.319. The largest absolute Gasteiger partial charge is 0.396 e. The van der Waals surface area contributed by atoms with Crippen LogP contribution in [-0.2, 0) is 7.05 Å². The van der Waals surface area contributed by atoms with Gasteiger partial charge in [-0.15, -0.1) is 0 Å². The first-order chi connectivity index (χ1) is 6.09. The number of halogens is 2. The van der Waals surface area contributed by atoms with Crippen LogP contribution >= 0.6 is 11.6 Å². The van der Waals surface area contributed by atoms with Gasteiger partial charge < -0.3 is 10.3 Å². The molecule has 2 rings (SSSR count). The summed E-state index contributed by atoms with van der Waals surface area (Å²) in [6.45, 7) is 0. The monoisotopic (exact) mass is 199 g/mol. The Balaban J connectivity index is 2.89. The number of benzene rings is 1. The molecular weight excluding hydrogens is 193 g/mol. The van der Waals surface area contributed by atoms with Crippen molar-refractivity contribution in [2.24, 2.45) is 7.05 Å². The zero-order chi connectivity index (χ0) is 9.59. The van der Waals surface area contributed by atoms with E-state index in [0.29, 0.717) is 16.3 Å². The minimum absolute atomic E-state index is 0.0854. The van der Waals surface area contributed by atoms with Gasteiger partial charge in [0.25, 0.3) is 0 Å². The molecule has 2 N–H and O–H groups in total. The van der Waals surface area contributed by atoms with Gasteiger partial charge in [-0.25, -0.2) is 9.37 Å². The van der Waals surface area contributed by atoms with E-state index < -0.39 is 5.82 Å². The van der Waals surface area contributed by atoms with Gasteiger partial charge in [-0.05, 0) is 17.7 Å². The number of anilines is 1. The Morgan fingerprint density at radius 1 is 1.54 bits per heavy atom. The Kier molecular flexibility index (Phi) is 1.66.